The number of amides is 1. The molecule has 0 aliphatic rings. The summed E-state index contributed by atoms with van der Waals surface area (Å²) in [5.41, 5.74) is 0.487. The molecule has 1 aromatic heterocycles. The van der Waals surface area contributed by atoms with Gasteiger partial charge in [-0.1, -0.05) is 0 Å². The van der Waals surface area contributed by atoms with Gasteiger partial charge in [0.25, 0.3) is 0 Å². The number of alkyl halides is 1. The first-order valence-corrected chi connectivity index (χ1v) is 7.32. The predicted octanol–water partition coefficient (Wildman–Crippen LogP) is 4.05. The van der Waals surface area contributed by atoms with Crippen molar-refractivity contribution in [2.45, 2.75) is 45.6 Å². The van der Waals surface area contributed by atoms with Gasteiger partial charge in [0.2, 0.25) is 0 Å². The Morgan fingerprint density at radius 2 is 2.22 bits per heavy atom. The minimum absolute atomic E-state index is 0.468. The van der Waals surface area contributed by atoms with Crippen LogP contribution in [0, 0.1) is 0 Å². The molecule has 1 rings (SSSR count). The number of thiazole rings is 1. The van der Waals surface area contributed by atoms with Gasteiger partial charge in [-0.25, -0.2) is 9.78 Å². The Morgan fingerprint density at radius 3 is 2.83 bits per heavy atom. The first-order chi connectivity index (χ1) is 8.40. The van der Waals surface area contributed by atoms with E-state index in [9.17, 15) is 4.79 Å². The van der Waals surface area contributed by atoms with Crippen LogP contribution in [-0.4, -0.2) is 22.6 Å². The van der Waals surface area contributed by atoms with Crippen LogP contribution in [0.4, 0.5) is 9.93 Å². The Balaban J connectivity index is 2.41. The van der Waals surface area contributed by atoms with Crippen LogP contribution in [-0.2, 0) is 11.2 Å². The molecule has 102 valence electrons. The highest BCUT2D eigenvalue weighted by Crippen LogP contribution is 2.18. The second kappa shape index (κ2) is 6.95. The van der Waals surface area contributed by atoms with Gasteiger partial charge in [-0.15, -0.1) is 22.9 Å². The molecule has 1 heterocycles. The highest BCUT2D eigenvalue weighted by Gasteiger charge is 2.17. The summed E-state index contributed by atoms with van der Waals surface area (Å²) < 4.78 is 5.15. The van der Waals surface area contributed by atoms with Gasteiger partial charge in [-0.3, -0.25) is 5.32 Å². The van der Waals surface area contributed by atoms with Gasteiger partial charge in [0.1, 0.15) is 5.60 Å². The Kier molecular flexibility index (Phi) is 5.88. The van der Waals surface area contributed by atoms with Crippen molar-refractivity contribution in [3.05, 3.63) is 11.1 Å². The lowest BCUT2D eigenvalue weighted by Crippen LogP contribution is -2.27. The fourth-order valence-corrected chi connectivity index (χ4v) is 2.19. The number of aromatic nitrogens is 1. The molecule has 0 atom stereocenters. The first kappa shape index (κ1) is 15.2. The Labute approximate surface area is 117 Å². The normalized spacial score (nSPS) is 11.3. The van der Waals surface area contributed by atoms with E-state index in [-0.39, 0.29) is 0 Å². The number of carbonyl (C=O) groups excluding carboxylic acids is 1. The number of nitrogens with zero attached hydrogens (tertiary/aromatic N) is 1. The van der Waals surface area contributed by atoms with Gasteiger partial charge in [-0.2, -0.15) is 0 Å². The van der Waals surface area contributed by atoms with Crippen molar-refractivity contribution in [2.75, 3.05) is 11.2 Å². The van der Waals surface area contributed by atoms with E-state index in [1.807, 2.05) is 26.2 Å². The number of anilines is 1. The van der Waals surface area contributed by atoms with E-state index in [1.54, 1.807) is 0 Å². The van der Waals surface area contributed by atoms with E-state index in [2.05, 4.69) is 10.3 Å². The van der Waals surface area contributed by atoms with Crippen LogP contribution in [0.25, 0.3) is 0 Å². The number of nitrogens with one attached hydrogen (secondary N) is 1. The standard InChI is InChI=1S/C12H19ClN2O2S/c1-12(2,3)17-11(16)15-10-14-9(8-18-10)6-4-5-7-13/h8H,4-7H2,1-3H3,(H,14,15,16). The Hall–Kier alpha value is -0.810. The van der Waals surface area contributed by atoms with E-state index >= 15 is 0 Å². The number of hydrogen-bond acceptors (Lipinski definition) is 4. The van der Waals surface area contributed by atoms with E-state index in [0.29, 0.717) is 11.0 Å². The molecular weight excluding hydrogens is 272 g/mol. The molecule has 6 heteroatoms. The number of unbranched alkanes of at least 4 members (excludes halogenated alkanes) is 1. The van der Waals surface area contributed by atoms with Crippen LogP contribution in [0.3, 0.4) is 0 Å². The summed E-state index contributed by atoms with van der Waals surface area (Å²) in [5.74, 6) is 0.674. The minimum Gasteiger partial charge on any atom is -0.444 e. The summed E-state index contributed by atoms with van der Waals surface area (Å²) in [6.07, 6.45) is 2.41. The monoisotopic (exact) mass is 290 g/mol. The molecule has 0 aromatic carbocycles. The van der Waals surface area contributed by atoms with Crippen molar-refractivity contribution >= 4 is 34.2 Å². The molecule has 18 heavy (non-hydrogen) atoms. The second-order valence-electron chi connectivity index (χ2n) is 4.92. The van der Waals surface area contributed by atoms with Gasteiger partial charge < -0.3 is 4.74 Å². The lowest BCUT2D eigenvalue weighted by Gasteiger charge is -2.18. The average Bonchev–Trinajstić information content (AvgIpc) is 2.63. The zero-order valence-corrected chi connectivity index (χ0v) is 12.5. The summed E-state index contributed by atoms with van der Waals surface area (Å²) in [4.78, 5) is 15.8. The lowest BCUT2D eigenvalue weighted by atomic mass is 10.2. The average molecular weight is 291 g/mol. The van der Waals surface area contributed by atoms with Crippen LogP contribution >= 0.6 is 22.9 Å². The molecule has 0 spiro atoms. The smallest absolute Gasteiger partial charge is 0.413 e. The van der Waals surface area contributed by atoms with Crippen LogP contribution in [0.15, 0.2) is 5.38 Å². The maximum atomic E-state index is 11.5. The van der Waals surface area contributed by atoms with Crippen molar-refractivity contribution in [2.24, 2.45) is 0 Å². The van der Waals surface area contributed by atoms with Gasteiger partial charge >= 0.3 is 6.09 Å². The zero-order valence-electron chi connectivity index (χ0n) is 11.0. The number of aryl methyl sites for hydroxylation is 1. The first-order valence-electron chi connectivity index (χ1n) is 5.91. The molecule has 1 N–H and O–H groups in total. The van der Waals surface area contributed by atoms with Crippen LogP contribution in [0.5, 0.6) is 0 Å². The summed E-state index contributed by atoms with van der Waals surface area (Å²) in [6, 6.07) is 0. The van der Waals surface area contributed by atoms with Gasteiger partial charge in [0, 0.05) is 11.3 Å². The molecule has 1 amide bonds. The maximum absolute atomic E-state index is 11.5. The van der Waals surface area contributed by atoms with Crippen molar-refractivity contribution in [1.29, 1.82) is 0 Å². The lowest BCUT2D eigenvalue weighted by molar-refractivity contribution is 0.0636. The maximum Gasteiger partial charge on any atom is 0.413 e. The third kappa shape index (κ3) is 6.21. The highest BCUT2D eigenvalue weighted by molar-refractivity contribution is 7.13. The number of hydrogen-bond donors (Lipinski definition) is 1. The fourth-order valence-electron chi connectivity index (χ4n) is 1.27. The third-order valence-electron chi connectivity index (χ3n) is 1.98. The van der Waals surface area contributed by atoms with Crippen molar-refractivity contribution in [3.8, 4) is 0 Å². The summed E-state index contributed by atoms with van der Waals surface area (Å²) in [6.45, 7) is 5.48. The summed E-state index contributed by atoms with van der Waals surface area (Å²) in [7, 11) is 0. The molecule has 0 radical (unpaired) electrons. The highest BCUT2D eigenvalue weighted by atomic mass is 35.5. The van der Waals surface area contributed by atoms with Crippen LogP contribution < -0.4 is 5.32 Å². The second-order valence-corrected chi connectivity index (χ2v) is 6.15. The molecule has 0 saturated carbocycles. The summed E-state index contributed by atoms with van der Waals surface area (Å²) in [5, 5.41) is 5.15. The molecule has 0 fully saturated rings. The predicted molar refractivity (Wildman–Crippen MR) is 75.6 cm³/mol. The van der Waals surface area contributed by atoms with Gasteiger partial charge in [-0.05, 0) is 40.0 Å². The van der Waals surface area contributed by atoms with E-state index in [0.717, 1.165) is 25.0 Å². The number of ether oxygens (including phenoxy) is 1. The van der Waals surface area contributed by atoms with E-state index < -0.39 is 11.7 Å². The molecule has 4 nitrogen and oxygen atoms in total. The van der Waals surface area contributed by atoms with Crippen LogP contribution in [0.1, 0.15) is 39.3 Å². The molecule has 0 saturated heterocycles. The molecular formula is C12H19ClN2O2S. The topological polar surface area (TPSA) is 51.2 Å². The summed E-state index contributed by atoms with van der Waals surface area (Å²) >= 11 is 7.02. The molecule has 0 aliphatic heterocycles. The third-order valence-corrected chi connectivity index (χ3v) is 3.05. The SMILES string of the molecule is CC(C)(C)OC(=O)Nc1nc(CCCCCl)cs1. The molecule has 1 aromatic rings. The van der Waals surface area contributed by atoms with Crippen molar-refractivity contribution < 1.29 is 9.53 Å². The van der Waals surface area contributed by atoms with E-state index in [1.165, 1.54) is 11.3 Å². The van der Waals surface area contributed by atoms with Gasteiger partial charge in [0.15, 0.2) is 5.13 Å². The molecule has 0 aliphatic carbocycles. The number of halogens is 1. The number of rotatable bonds is 5. The van der Waals surface area contributed by atoms with Crippen LogP contribution in [0.2, 0.25) is 0 Å². The van der Waals surface area contributed by atoms with Crippen molar-refractivity contribution in [3.63, 3.8) is 0 Å². The zero-order chi connectivity index (χ0) is 13.6. The molecule has 0 bridgehead atoms. The Morgan fingerprint density at radius 1 is 1.50 bits per heavy atom. The number of carbonyl (C=O) groups is 1. The fraction of sp³-hybridized carbons (Fsp3) is 0.667. The van der Waals surface area contributed by atoms with Gasteiger partial charge in [0.05, 0.1) is 5.69 Å². The minimum atomic E-state index is -0.496. The molecule has 0 unspecified atom stereocenters. The Bertz CT molecular complexity index is 388. The van der Waals surface area contributed by atoms with Crippen molar-refractivity contribution in [1.82, 2.24) is 4.98 Å². The van der Waals surface area contributed by atoms with E-state index in [4.69, 9.17) is 16.3 Å². The quantitative estimate of drug-likeness (QED) is 0.657. The largest absolute Gasteiger partial charge is 0.444 e.